The number of anilines is 1. The van der Waals surface area contributed by atoms with Gasteiger partial charge >= 0.3 is 0 Å². The first-order valence-corrected chi connectivity index (χ1v) is 7.50. The van der Waals surface area contributed by atoms with Gasteiger partial charge in [-0.05, 0) is 29.8 Å². The number of rotatable bonds is 5. The van der Waals surface area contributed by atoms with Gasteiger partial charge in [-0.2, -0.15) is 5.26 Å². The van der Waals surface area contributed by atoms with Crippen LogP contribution in [0.4, 0.5) is 5.69 Å². The highest BCUT2D eigenvalue weighted by Gasteiger charge is 2.12. The Morgan fingerprint density at radius 3 is 2.67 bits per heavy atom. The number of nitrogens with zero attached hydrogens (tertiary/aromatic N) is 1. The lowest BCUT2D eigenvalue weighted by Crippen LogP contribution is -2.14. The van der Waals surface area contributed by atoms with E-state index in [1.807, 2.05) is 42.5 Å². The molecule has 1 N–H and O–H groups in total. The number of methoxy groups -OCH3 is 1. The number of benzene rings is 2. The van der Waals surface area contributed by atoms with Crippen LogP contribution in [0.25, 0.3) is 6.08 Å². The number of amides is 1. The molecule has 2 aromatic carbocycles. The molecule has 0 saturated heterocycles. The molecule has 0 aliphatic carbocycles. The monoisotopic (exact) mass is 338 g/mol. The minimum absolute atomic E-state index is 0.0239. The lowest BCUT2D eigenvalue weighted by atomic mass is 10.2. The zero-order valence-electron chi connectivity index (χ0n) is 13.0. The standard InChI is InChI=1S/C19H15ClN2O2/c1-24-18-11-10-16(20)12-17(18)22-19(23)15(13-21)9-5-8-14-6-3-2-4-7-14/h2-12H,1H3,(H,22,23)/b8-5+,15-9+. The fraction of sp³-hybridized carbons (Fsp3) is 0.0526. The molecule has 0 aliphatic rings. The lowest BCUT2D eigenvalue weighted by Gasteiger charge is -2.09. The molecular formula is C19H15ClN2O2. The van der Waals surface area contributed by atoms with Crippen molar-refractivity contribution in [2.75, 3.05) is 12.4 Å². The Morgan fingerprint density at radius 2 is 2.00 bits per heavy atom. The van der Waals surface area contributed by atoms with E-state index >= 15 is 0 Å². The Labute approximate surface area is 145 Å². The van der Waals surface area contributed by atoms with E-state index in [-0.39, 0.29) is 5.57 Å². The van der Waals surface area contributed by atoms with Gasteiger partial charge in [0.05, 0.1) is 12.8 Å². The number of carbonyl (C=O) groups is 1. The number of carbonyl (C=O) groups excluding carboxylic acids is 1. The Bertz CT molecular complexity index is 821. The zero-order valence-corrected chi connectivity index (χ0v) is 13.7. The maximum Gasteiger partial charge on any atom is 0.266 e. The molecule has 4 nitrogen and oxygen atoms in total. The summed E-state index contributed by atoms with van der Waals surface area (Å²) in [5, 5.41) is 12.3. The van der Waals surface area contributed by atoms with Gasteiger partial charge in [0.2, 0.25) is 0 Å². The first kappa shape index (κ1) is 17.3. The first-order valence-electron chi connectivity index (χ1n) is 7.12. The van der Waals surface area contributed by atoms with Gasteiger partial charge in [0.1, 0.15) is 17.4 Å². The predicted molar refractivity (Wildman–Crippen MR) is 95.8 cm³/mol. The Kier molecular flexibility index (Phi) is 6.18. The van der Waals surface area contributed by atoms with Crippen LogP contribution in [0.1, 0.15) is 5.56 Å². The summed E-state index contributed by atoms with van der Waals surface area (Å²) in [6, 6.07) is 16.3. The molecule has 0 aromatic heterocycles. The van der Waals surface area contributed by atoms with Gasteiger partial charge in [-0.3, -0.25) is 4.79 Å². The predicted octanol–water partition coefficient (Wildman–Crippen LogP) is 4.45. The minimum Gasteiger partial charge on any atom is -0.495 e. The number of halogens is 1. The molecule has 0 heterocycles. The molecule has 120 valence electrons. The Hall–Kier alpha value is -3.03. The highest BCUT2D eigenvalue weighted by molar-refractivity contribution is 6.31. The van der Waals surface area contributed by atoms with Crippen LogP contribution in [0.5, 0.6) is 5.75 Å². The number of hydrogen-bond acceptors (Lipinski definition) is 3. The summed E-state index contributed by atoms with van der Waals surface area (Å²) in [7, 11) is 1.49. The molecule has 2 aromatic rings. The summed E-state index contributed by atoms with van der Waals surface area (Å²) in [6.45, 7) is 0. The van der Waals surface area contributed by atoms with Gasteiger partial charge < -0.3 is 10.1 Å². The van der Waals surface area contributed by atoms with E-state index in [0.717, 1.165) is 5.56 Å². The maximum absolute atomic E-state index is 12.2. The van der Waals surface area contributed by atoms with Crippen molar-refractivity contribution in [3.8, 4) is 11.8 Å². The van der Waals surface area contributed by atoms with Gasteiger partial charge in [-0.15, -0.1) is 0 Å². The van der Waals surface area contributed by atoms with E-state index in [2.05, 4.69) is 5.32 Å². The average molecular weight is 339 g/mol. The summed E-state index contributed by atoms with van der Waals surface area (Å²) >= 11 is 5.92. The smallest absolute Gasteiger partial charge is 0.266 e. The van der Waals surface area contributed by atoms with E-state index in [4.69, 9.17) is 16.3 Å². The fourth-order valence-corrected chi connectivity index (χ4v) is 2.12. The van der Waals surface area contributed by atoms with Crippen molar-refractivity contribution in [2.45, 2.75) is 0 Å². The van der Waals surface area contributed by atoms with E-state index in [1.165, 1.54) is 13.2 Å². The first-order chi connectivity index (χ1) is 11.6. The van der Waals surface area contributed by atoms with Crippen LogP contribution in [0.15, 0.2) is 66.3 Å². The van der Waals surface area contributed by atoms with Crippen molar-refractivity contribution in [2.24, 2.45) is 0 Å². The van der Waals surface area contributed by atoms with E-state index < -0.39 is 5.91 Å². The summed E-state index contributed by atoms with van der Waals surface area (Å²) in [5.74, 6) is -0.0688. The molecule has 0 spiro atoms. The van der Waals surface area contributed by atoms with E-state index in [0.29, 0.717) is 16.5 Å². The molecule has 0 fully saturated rings. The topological polar surface area (TPSA) is 62.1 Å². The summed E-state index contributed by atoms with van der Waals surface area (Å²) in [4.78, 5) is 12.2. The second-order valence-corrected chi connectivity index (χ2v) is 5.20. The third kappa shape index (κ3) is 4.73. The Balaban J connectivity index is 2.15. The quantitative estimate of drug-likeness (QED) is 0.497. The Morgan fingerprint density at radius 1 is 1.25 bits per heavy atom. The summed E-state index contributed by atoms with van der Waals surface area (Å²) in [6.07, 6.45) is 4.92. The highest BCUT2D eigenvalue weighted by atomic mass is 35.5. The molecule has 5 heteroatoms. The van der Waals surface area contributed by atoms with Crippen LogP contribution in [-0.4, -0.2) is 13.0 Å². The van der Waals surface area contributed by atoms with Crippen LogP contribution in [0.2, 0.25) is 5.02 Å². The van der Waals surface area contributed by atoms with Crippen LogP contribution < -0.4 is 10.1 Å². The average Bonchev–Trinajstić information content (AvgIpc) is 2.60. The molecule has 1 amide bonds. The third-order valence-corrected chi connectivity index (χ3v) is 3.36. The zero-order chi connectivity index (χ0) is 17.4. The van der Waals surface area contributed by atoms with Crippen molar-refractivity contribution in [3.05, 3.63) is 76.8 Å². The normalized spacial score (nSPS) is 11.1. The number of ether oxygens (including phenoxy) is 1. The molecule has 0 bridgehead atoms. The van der Waals surface area contributed by atoms with Gasteiger partial charge in [-0.1, -0.05) is 54.1 Å². The molecule has 0 atom stereocenters. The van der Waals surface area contributed by atoms with Crippen LogP contribution in [0, 0.1) is 11.3 Å². The summed E-state index contributed by atoms with van der Waals surface area (Å²) in [5.41, 5.74) is 1.36. The van der Waals surface area contributed by atoms with E-state index in [1.54, 1.807) is 24.3 Å². The van der Waals surface area contributed by atoms with Crippen LogP contribution >= 0.6 is 11.6 Å². The maximum atomic E-state index is 12.2. The molecule has 0 saturated carbocycles. The van der Waals surface area contributed by atoms with Crippen molar-refractivity contribution < 1.29 is 9.53 Å². The molecular weight excluding hydrogens is 324 g/mol. The minimum atomic E-state index is -0.532. The molecule has 0 unspecified atom stereocenters. The van der Waals surface area contributed by atoms with Crippen molar-refractivity contribution in [3.63, 3.8) is 0 Å². The SMILES string of the molecule is COc1ccc(Cl)cc1NC(=O)/C(C#N)=C/C=C/c1ccccc1. The largest absolute Gasteiger partial charge is 0.495 e. The fourth-order valence-electron chi connectivity index (χ4n) is 1.95. The van der Waals surface area contributed by atoms with Gasteiger partial charge in [0.15, 0.2) is 0 Å². The second kappa shape index (κ2) is 8.56. The van der Waals surface area contributed by atoms with Crippen molar-refractivity contribution in [1.82, 2.24) is 0 Å². The molecule has 0 aliphatic heterocycles. The van der Waals surface area contributed by atoms with Crippen LogP contribution in [-0.2, 0) is 4.79 Å². The van der Waals surface area contributed by atoms with Gasteiger partial charge in [-0.25, -0.2) is 0 Å². The highest BCUT2D eigenvalue weighted by Crippen LogP contribution is 2.27. The lowest BCUT2D eigenvalue weighted by molar-refractivity contribution is -0.112. The molecule has 24 heavy (non-hydrogen) atoms. The number of nitrogens with one attached hydrogen (secondary N) is 1. The third-order valence-electron chi connectivity index (χ3n) is 3.13. The second-order valence-electron chi connectivity index (χ2n) is 4.76. The van der Waals surface area contributed by atoms with Gasteiger partial charge in [0, 0.05) is 5.02 Å². The van der Waals surface area contributed by atoms with Crippen LogP contribution in [0.3, 0.4) is 0 Å². The van der Waals surface area contributed by atoms with Crippen molar-refractivity contribution >= 4 is 29.3 Å². The number of nitriles is 1. The van der Waals surface area contributed by atoms with Gasteiger partial charge in [0.25, 0.3) is 5.91 Å². The molecule has 2 rings (SSSR count). The number of allylic oxidation sites excluding steroid dienone is 2. The molecule has 0 radical (unpaired) electrons. The van der Waals surface area contributed by atoms with Crippen molar-refractivity contribution in [1.29, 1.82) is 5.26 Å². The summed E-state index contributed by atoms with van der Waals surface area (Å²) < 4.78 is 5.16. The number of hydrogen-bond donors (Lipinski definition) is 1. The van der Waals surface area contributed by atoms with E-state index in [9.17, 15) is 10.1 Å².